The van der Waals surface area contributed by atoms with E-state index >= 15 is 0 Å². The molecule has 0 radical (unpaired) electrons. The monoisotopic (exact) mass is 257 g/mol. The number of ether oxygens (including phenoxy) is 1. The minimum Gasteiger partial charge on any atom is -0.486 e. The van der Waals surface area contributed by atoms with Gasteiger partial charge in [-0.15, -0.1) is 0 Å². The van der Waals surface area contributed by atoms with Gasteiger partial charge in [0.1, 0.15) is 17.9 Å². The highest BCUT2D eigenvalue weighted by molar-refractivity contribution is 5.90. The molecule has 0 amide bonds. The molecular weight excluding hydrogens is 242 g/mol. The van der Waals surface area contributed by atoms with Gasteiger partial charge in [0.15, 0.2) is 0 Å². The molecule has 4 heteroatoms. The smallest absolute Gasteiger partial charge is 0.339 e. The third-order valence-corrected chi connectivity index (χ3v) is 2.69. The number of hydrogen-bond acceptors (Lipinski definition) is 3. The molecule has 1 heterocycles. The molecule has 98 valence electrons. The van der Waals surface area contributed by atoms with Gasteiger partial charge in [0.2, 0.25) is 0 Å². The number of nitrogens with zero attached hydrogens (tertiary/aromatic N) is 1. The molecule has 0 aliphatic carbocycles. The van der Waals surface area contributed by atoms with Crippen molar-refractivity contribution in [2.45, 2.75) is 20.5 Å². The molecule has 0 saturated heterocycles. The lowest BCUT2D eigenvalue weighted by Crippen LogP contribution is -2.05. The molecule has 19 heavy (non-hydrogen) atoms. The van der Waals surface area contributed by atoms with Gasteiger partial charge in [-0.2, -0.15) is 0 Å². The highest BCUT2D eigenvalue weighted by Gasteiger charge is 2.11. The van der Waals surface area contributed by atoms with Gasteiger partial charge in [0.25, 0.3) is 0 Å². The number of carbonyl (C=O) groups is 1. The number of hydrogen-bond donors (Lipinski definition) is 1. The van der Waals surface area contributed by atoms with Crippen molar-refractivity contribution in [3.63, 3.8) is 0 Å². The predicted octanol–water partition coefficient (Wildman–Crippen LogP) is 2.98. The molecule has 0 saturated carbocycles. The molecular formula is C15H15NO3. The number of carboxylic acids is 1. The van der Waals surface area contributed by atoms with Crippen LogP contribution < -0.4 is 4.74 Å². The molecule has 0 unspecified atom stereocenters. The Morgan fingerprint density at radius 2 is 2.05 bits per heavy atom. The maximum Gasteiger partial charge on any atom is 0.339 e. The van der Waals surface area contributed by atoms with Crippen molar-refractivity contribution in [3.8, 4) is 5.75 Å². The summed E-state index contributed by atoms with van der Waals surface area (Å²) in [6, 6.07) is 10.7. The zero-order valence-electron chi connectivity index (χ0n) is 10.9. The summed E-state index contributed by atoms with van der Waals surface area (Å²) >= 11 is 0. The lowest BCUT2D eigenvalue weighted by Gasteiger charge is -2.10. The summed E-state index contributed by atoms with van der Waals surface area (Å²) in [6.07, 6.45) is 0. The van der Waals surface area contributed by atoms with E-state index in [-0.39, 0.29) is 12.2 Å². The van der Waals surface area contributed by atoms with Gasteiger partial charge in [-0.05, 0) is 43.7 Å². The fourth-order valence-corrected chi connectivity index (χ4v) is 1.76. The van der Waals surface area contributed by atoms with Gasteiger partial charge in [-0.3, -0.25) is 4.98 Å². The van der Waals surface area contributed by atoms with Crippen LogP contribution in [0.4, 0.5) is 0 Å². The minimum absolute atomic E-state index is 0.165. The molecule has 1 aromatic heterocycles. The second-order valence-electron chi connectivity index (χ2n) is 4.36. The van der Waals surface area contributed by atoms with Crippen LogP contribution in [0.1, 0.15) is 27.3 Å². The van der Waals surface area contributed by atoms with Crippen LogP contribution in [0.2, 0.25) is 0 Å². The number of rotatable bonds is 4. The Morgan fingerprint density at radius 1 is 1.26 bits per heavy atom. The molecule has 0 spiro atoms. The largest absolute Gasteiger partial charge is 0.486 e. The van der Waals surface area contributed by atoms with Gasteiger partial charge < -0.3 is 9.84 Å². The van der Waals surface area contributed by atoms with Crippen LogP contribution in [-0.2, 0) is 6.61 Å². The van der Waals surface area contributed by atoms with Gasteiger partial charge in [0.05, 0.1) is 5.69 Å². The first kappa shape index (κ1) is 13.1. The first-order valence-electron chi connectivity index (χ1n) is 5.95. The fourth-order valence-electron chi connectivity index (χ4n) is 1.76. The number of benzene rings is 1. The summed E-state index contributed by atoms with van der Waals surface area (Å²) in [7, 11) is 0. The maximum atomic E-state index is 11.1. The normalized spacial score (nSPS) is 10.2. The number of aryl methyl sites for hydroxylation is 2. The van der Waals surface area contributed by atoms with Crippen molar-refractivity contribution < 1.29 is 14.6 Å². The molecule has 0 atom stereocenters. The summed E-state index contributed by atoms with van der Waals surface area (Å²) in [6.45, 7) is 4.05. The molecule has 1 N–H and O–H groups in total. The third-order valence-electron chi connectivity index (χ3n) is 2.69. The van der Waals surface area contributed by atoms with Crippen LogP contribution in [0.5, 0.6) is 5.75 Å². The van der Waals surface area contributed by atoms with Gasteiger partial charge >= 0.3 is 5.97 Å². The van der Waals surface area contributed by atoms with E-state index in [9.17, 15) is 4.79 Å². The highest BCUT2D eigenvalue weighted by atomic mass is 16.5. The van der Waals surface area contributed by atoms with Crippen molar-refractivity contribution in [3.05, 3.63) is 58.9 Å². The summed E-state index contributed by atoms with van der Waals surface area (Å²) in [4.78, 5) is 15.4. The minimum atomic E-state index is -0.993. The Labute approximate surface area is 111 Å². The Balaban J connectivity index is 2.19. The third kappa shape index (κ3) is 3.31. The van der Waals surface area contributed by atoms with Crippen LogP contribution in [-0.4, -0.2) is 16.1 Å². The number of pyridine rings is 1. The summed E-state index contributed by atoms with van der Waals surface area (Å²) in [5, 5.41) is 9.10. The Hall–Kier alpha value is -2.36. The summed E-state index contributed by atoms with van der Waals surface area (Å²) in [5.74, 6) is -0.622. The highest BCUT2D eigenvalue weighted by Crippen LogP contribution is 2.21. The van der Waals surface area contributed by atoms with Gasteiger partial charge in [-0.1, -0.05) is 12.1 Å². The Morgan fingerprint density at radius 3 is 2.74 bits per heavy atom. The quantitative estimate of drug-likeness (QED) is 0.914. The Kier molecular flexibility index (Phi) is 3.80. The molecule has 1 aromatic carbocycles. The average Bonchev–Trinajstić information content (AvgIpc) is 2.36. The second-order valence-corrected chi connectivity index (χ2v) is 4.36. The lowest BCUT2D eigenvalue weighted by molar-refractivity contribution is 0.0691. The van der Waals surface area contributed by atoms with Crippen molar-refractivity contribution in [1.82, 2.24) is 4.98 Å². The van der Waals surface area contributed by atoms with E-state index in [4.69, 9.17) is 9.84 Å². The molecule has 0 fully saturated rings. The van der Waals surface area contributed by atoms with Crippen LogP contribution in [0.25, 0.3) is 0 Å². The second kappa shape index (κ2) is 5.52. The van der Waals surface area contributed by atoms with Crippen LogP contribution >= 0.6 is 0 Å². The molecule has 0 aliphatic rings. The molecule has 0 bridgehead atoms. The SMILES string of the molecule is Cc1ccc(C(=O)O)c(OCc2cccc(C)n2)c1. The molecule has 2 rings (SSSR count). The van der Waals surface area contributed by atoms with E-state index in [1.807, 2.05) is 32.0 Å². The van der Waals surface area contributed by atoms with E-state index in [1.54, 1.807) is 18.2 Å². The molecule has 0 aliphatic heterocycles. The van der Waals surface area contributed by atoms with Gasteiger partial charge in [-0.25, -0.2) is 4.79 Å². The number of carboxylic acid groups (broad SMARTS) is 1. The van der Waals surface area contributed by atoms with Gasteiger partial charge in [0, 0.05) is 5.69 Å². The Bertz CT molecular complexity index is 608. The standard InChI is InChI=1S/C15H15NO3/c1-10-6-7-13(15(17)18)14(8-10)19-9-12-5-3-4-11(2)16-12/h3-8H,9H2,1-2H3,(H,17,18). The van der Waals surface area contributed by atoms with E-state index in [0.717, 1.165) is 17.0 Å². The van der Waals surface area contributed by atoms with Crippen LogP contribution in [0.15, 0.2) is 36.4 Å². The predicted molar refractivity (Wildman–Crippen MR) is 71.4 cm³/mol. The maximum absolute atomic E-state index is 11.1. The number of aromatic nitrogens is 1. The first-order valence-corrected chi connectivity index (χ1v) is 5.95. The van der Waals surface area contributed by atoms with E-state index in [2.05, 4.69) is 4.98 Å². The van der Waals surface area contributed by atoms with Crippen LogP contribution in [0.3, 0.4) is 0 Å². The van der Waals surface area contributed by atoms with Crippen molar-refractivity contribution >= 4 is 5.97 Å². The van der Waals surface area contributed by atoms with Crippen molar-refractivity contribution in [2.24, 2.45) is 0 Å². The topological polar surface area (TPSA) is 59.4 Å². The summed E-state index contributed by atoms with van der Waals surface area (Å²) < 4.78 is 5.58. The zero-order valence-corrected chi connectivity index (χ0v) is 10.9. The molecule has 2 aromatic rings. The molecule has 4 nitrogen and oxygen atoms in total. The van der Waals surface area contributed by atoms with Crippen molar-refractivity contribution in [2.75, 3.05) is 0 Å². The van der Waals surface area contributed by atoms with Crippen molar-refractivity contribution in [1.29, 1.82) is 0 Å². The van der Waals surface area contributed by atoms with Crippen LogP contribution in [0, 0.1) is 13.8 Å². The number of aromatic carboxylic acids is 1. The summed E-state index contributed by atoms with van der Waals surface area (Å²) in [5.41, 5.74) is 2.80. The lowest BCUT2D eigenvalue weighted by atomic mass is 10.1. The fraction of sp³-hybridized carbons (Fsp3) is 0.200. The van der Waals surface area contributed by atoms with E-state index in [0.29, 0.717) is 5.75 Å². The first-order chi connectivity index (χ1) is 9.06. The zero-order chi connectivity index (χ0) is 13.8. The van der Waals surface area contributed by atoms with E-state index < -0.39 is 5.97 Å². The van der Waals surface area contributed by atoms with E-state index in [1.165, 1.54) is 0 Å². The average molecular weight is 257 g/mol.